The third-order valence-electron chi connectivity index (χ3n) is 3.85. The van der Waals surface area contributed by atoms with Crippen LogP contribution in [0.3, 0.4) is 0 Å². The number of hydrogen-bond acceptors (Lipinski definition) is 5. The molecule has 0 saturated carbocycles. The van der Waals surface area contributed by atoms with Crippen molar-refractivity contribution < 1.29 is 36.2 Å². The van der Waals surface area contributed by atoms with Crippen molar-refractivity contribution in [3.8, 4) is 11.8 Å². The van der Waals surface area contributed by atoms with Crippen LogP contribution in [0.2, 0.25) is 5.02 Å². The number of nitrogens with one attached hydrogen (secondary N) is 1. The minimum atomic E-state index is -5.00. The Labute approximate surface area is 161 Å². The van der Waals surface area contributed by atoms with Crippen LogP contribution >= 0.6 is 11.6 Å². The summed E-state index contributed by atoms with van der Waals surface area (Å²) in [5.74, 6) is -0.705. The predicted molar refractivity (Wildman–Crippen MR) is 86.8 cm³/mol. The van der Waals surface area contributed by atoms with E-state index in [2.05, 4.69) is 14.8 Å². The number of aromatic nitrogens is 4. The molecule has 0 bridgehead atoms. The van der Waals surface area contributed by atoms with E-state index < -0.39 is 57.6 Å². The molecule has 0 aliphatic rings. The van der Waals surface area contributed by atoms with Crippen molar-refractivity contribution in [2.24, 2.45) is 0 Å². The minimum absolute atomic E-state index is 0.143. The summed E-state index contributed by atoms with van der Waals surface area (Å²) in [6, 6.07) is 1.07. The van der Waals surface area contributed by atoms with Crippen LogP contribution in [0.4, 0.5) is 26.3 Å². The van der Waals surface area contributed by atoms with Gasteiger partial charge in [-0.25, -0.2) is 4.68 Å². The first-order valence-electron chi connectivity index (χ1n) is 7.62. The summed E-state index contributed by atoms with van der Waals surface area (Å²) in [4.78, 5) is 17.2. The molecular formula is C15H9ClF6N4O3. The number of benzene rings is 1. The second-order valence-electron chi connectivity index (χ2n) is 5.79. The van der Waals surface area contributed by atoms with Gasteiger partial charge in [0, 0.05) is 0 Å². The fourth-order valence-electron chi connectivity index (χ4n) is 2.63. The van der Waals surface area contributed by atoms with Gasteiger partial charge in [0.15, 0.2) is 11.3 Å². The van der Waals surface area contributed by atoms with Crippen LogP contribution < -0.4 is 10.3 Å². The lowest BCUT2D eigenvalue weighted by Crippen LogP contribution is -2.17. The van der Waals surface area contributed by atoms with Gasteiger partial charge in [0.05, 0.1) is 11.1 Å². The highest BCUT2D eigenvalue weighted by molar-refractivity contribution is 6.32. The fourth-order valence-corrected chi connectivity index (χ4v) is 2.86. The van der Waals surface area contributed by atoms with Gasteiger partial charge in [-0.15, -0.1) is 13.2 Å². The molecule has 156 valence electrons. The summed E-state index contributed by atoms with van der Waals surface area (Å²) in [6.45, 7) is 1.35. The maximum Gasteiger partial charge on any atom is 0.573 e. The van der Waals surface area contributed by atoms with E-state index in [0.29, 0.717) is 4.68 Å². The molecular weight excluding hydrogens is 434 g/mol. The molecule has 3 aromatic rings. The Morgan fingerprint density at radius 2 is 1.90 bits per heavy atom. The SMILES string of the molecule is C[C@H](c1ccc(OC(F)(F)F)c(Cl)c1)n1nc(C(F)(F)F)c2c(=O)[nH]c(O)nc21. The first-order valence-corrected chi connectivity index (χ1v) is 7.99. The number of nitrogens with zero attached hydrogens (tertiary/aromatic N) is 3. The smallest absolute Gasteiger partial charge is 0.480 e. The van der Waals surface area contributed by atoms with Crippen molar-refractivity contribution in [3.63, 3.8) is 0 Å². The predicted octanol–water partition coefficient (Wildman–Crippen LogP) is 4.01. The Kier molecular flexibility index (Phi) is 4.89. The number of rotatable bonds is 3. The van der Waals surface area contributed by atoms with E-state index in [1.165, 1.54) is 6.92 Å². The second kappa shape index (κ2) is 6.83. The molecule has 1 aromatic carbocycles. The van der Waals surface area contributed by atoms with Crippen LogP contribution in [-0.2, 0) is 6.18 Å². The van der Waals surface area contributed by atoms with Crippen LogP contribution in [0.5, 0.6) is 11.8 Å². The van der Waals surface area contributed by atoms with Crippen molar-refractivity contribution in [3.05, 3.63) is 44.8 Å². The highest BCUT2D eigenvalue weighted by atomic mass is 35.5. The Hall–Kier alpha value is -2.96. The molecule has 0 radical (unpaired) electrons. The lowest BCUT2D eigenvalue weighted by atomic mass is 10.1. The van der Waals surface area contributed by atoms with Gasteiger partial charge < -0.3 is 9.84 Å². The molecule has 3 rings (SSSR count). The van der Waals surface area contributed by atoms with E-state index in [1.54, 1.807) is 4.98 Å². The molecule has 14 heteroatoms. The number of hydrogen-bond donors (Lipinski definition) is 2. The Balaban J connectivity index is 2.14. The molecule has 0 saturated heterocycles. The van der Waals surface area contributed by atoms with Crippen LogP contribution in [0.15, 0.2) is 23.0 Å². The van der Waals surface area contributed by atoms with Gasteiger partial charge >= 0.3 is 12.5 Å². The average Bonchev–Trinajstić information content (AvgIpc) is 2.94. The minimum Gasteiger partial charge on any atom is -0.480 e. The zero-order chi connectivity index (χ0) is 21.7. The van der Waals surface area contributed by atoms with E-state index in [0.717, 1.165) is 18.2 Å². The maximum atomic E-state index is 13.3. The molecule has 2 aromatic heterocycles. The lowest BCUT2D eigenvalue weighted by molar-refractivity contribution is -0.274. The monoisotopic (exact) mass is 442 g/mol. The molecule has 7 nitrogen and oxygen atoms in total. The maximum absolute atomic E-state index is 13.3. The summed E-state index contributed by atoms with van der Waals surface area (Å²) in [5, 5.41) is 11.5. The van der Waals surface area contributed by atoms with Crippen LogP contribution in [-0.4, -0.2) is 31.2 Å². The van der Waals surface area contributed by atoms with E-state index in [4.69, 9.17) is 11.6 Å². The third kappa shape index (κ3) is 4.09. The van der Waals surface area contributed by atoms with Gasteiger partial charge in [0.25, 0.3) is 11.6 Å². The van der Waals surface area contributed by atoms with E-state index >= 15 is 0 Å². The zero-order valence-electron chi connectivity index (χ0n) is 14.1. The van der Waals surface area contributed by atoms with Crippen molar-refractivity contribution >= 4 is 22.6 Å². The first kappa shape index (κ1) is 20.8. The Morgan fingerprint density at radius 3 is 2.45 bits per heavy atom. The summed E-state index contributed by atoms with van der Waals surface area (Å²) < 4.78 is 81.3. The van der Waals surface area contributed by atoms with Gasteiger partial charge in [-0.3, -0.25) is 9.78 Å². The number of fused-ring (bicyclic) bond motifs is 1. The normalized spacial score (nSPS) is 13.7. The third-order valence-corrected chi connectivity index (χ3v) is 4.14. The van der Waals surface area contributed by atoms with Gasteiger partial charge in [0.1, 0.15) is 11.1 Å². The quantitative estimate of drug-likeness (QED) is 0.598. The summed E-state index contributed by atoms with van der Waals surface area (Å²) in [5.41, 5.74) is -3.22. The van der Waals surface area contributed by atoms with Crippen molar-refractivity contribution in [1.82, 2.24) is 19.7 Å². The highest BCUT2D eigenvalue weighted by Crippen LogP contribution is 2.36. The van der Waals surface area contributed by atoms with Crippen molar-refractivity contribution in [1.29, 1.82) is 0 Å². The molecule has 0 spiro atoms. The Morgan fingerprint density at radius 1 is 1.24 bits per heavy atom. The topological polar surface area (TPSA) is 93.0 Å². The van der Waals surface area contributed by atoms with Gasteiger partial charge in [-0.1, -0.05) is 17.7 Å². The van der Waals surface area contributed by atoms with Gasteiger partial charge in [-0.05, 0) is 24.6 Å². The molecule has 1 atom stereocenters. The van der Waals surface area contributed by atoms with Crippen LogP contribution in [0, 0.1) is 0 Å². The Bertz CT molecular complexity index is 1140. The molecule has 0 aliphatic heterocycles. The standard InChI is InChI=1S/C15H9ClF6N4O3/c1-5(6-2-3-8(7(16)4-6)29-15(20,21)22)26-11-9(10(25-26)14(17,18)19)12(27)24-13(28)23-11/h2-5H,1H3,(H2,23,24,27,28)/t5-/m1/s1. The fraction of sp³-hybridized carbons (Fsp3) is 0.267. The number of aromatic hydroxyl groups is 1. The molecule has 2 N–H and O–H groups in total. The average molecular weight is 443 g/mol. The zero-order valence-corrected chi connectivity index (χ0v) is 14.8. The molecule has 0 fully saturated rings. The number of alkyl halides is 6. The highest BCUT2D eigenvalue weighted by Gasteiger charge is 2.39. The summed E-state index contributed by atoms with van der Waals surface area (Å²) >= 11 is 5.77. The van der Waals surface area contributed by atoms with Crippen LogP contribution in [0.25, 0.3) is 11.0 Å². The number of H-pyrrole nitrogens is 1. The number of aromatic amines is 1. The molecule has 29 heavy (non-hydrogen) atoms. The van der Waals surface area contributed by atoms with E-state index in [9.17, 15) is 36.2 Å². The molecule has 2 heterocycles. The van der Waals surface area contributed by atoms with Crippen LogP contribution in [0.1, 0.15) is 24.2 Å². The molecule has 0 aliphatic carbocycles. The lowest BCUT2D eigenvalue weighted by Gasteiger charge is -2.16. The molecule has 0 amide bonds. The molecule has 0 unspecified atom stereocenters. The van der Waals surface area contributed by atoms with Gasteiger partial charge in [-0.2, -0.15) is 23.3 Å². The first-order chi connectivity index (χ1) is 13.3. The number of ether oxygens (including phenoxy) is 1. The van der Waals surface area contributed by atoms with E-state index in [-0.39, 0.29) is 5.56 Å². The largest absolute Gasteiger partial charge is 0.573 e. The summed E-state index contributed by atoms with van der Waals surface area (Å²) in [7, 11) is 0. The second-order valence-corrected chi connectivity index (χ2v) is 6.20. The summed E-state index contributed by atoms with van der Waals surface area (Å²) in [6.07, 6.45) is -9.99. The van der Waals surface area contributed by atoms with Crippen molar-refractivity contribution in [2.75, 3.05) is 0 Å². The van der Waals surface area contributed by atoms with Crippen molar-refractivity contribution in [2.45, 2.75) is 25.5 Å². The van der Waals surface area contributed by atoms with E-state index in [1.807, 2.05) is 0 Å². The number of halogens is 7. The van der Waals surface area contributed by atoms with Gasteiger partial charge in [0.2, 0.25) is 0 Å².